The van der Waals surface area contributed by atoms with Crippen LogP contribution in [0.4, 0.5) is 5.69 Å². The summed E-state index contributed by atoms with van der Waals surface area (Å²) in [4.78, 5) is 0. The van der Waals surface area contributed by atoms with E-state index in [0.29, 0.717) is 21.9 Å². The largest absolute Gasteiger partial charge is 0.389 e. The van der Waals surface area contributed by atoms with Crippen molar-refractivity contribution in [2.45, 2.75) is 0 Å². The molecule has 0 saturated heterocycles. The third-order valence-corrected chi connectivity index (χ3v) is 4.43. The highest BCUT2D eigenvalue weighted by Crippen LogP contribution is 2.19. The predicted molar refractivity (Wildman–Crippen MR) is 113 cm³/mol. The van der Waals surface area contributed by atoms with E-state index in [-0.39, 0.29) is 0 Å². The van der Waals surface area contributed by atoms with Crippen molar-refractivity contribution in [2.75, 3.05) is 18.4 Å². The second-order valence-electron chi connectivity index (χ2n) is 6.00. The van der Waals surface area contributed by atoms with Gasteiger partial charge in [-0.3, -0.25) is 0 Å². The molecular weight excluding hydrogens is 356 g/mol. The van der Waals surface area contributed by atoms with Gasteiger partial charge in [-0.2, -0.15) is 5.26 Å². The number of halogens is 1. The van der Waals surface area contributed by atoms with Gasteiger partial charge in [-0.15, -0.1) is 0 Å². The molecular formula is C22H19ClN4. The van der Waals surface area contributed by atoms with Gasteiger partial charge in [0.1, 0.15) is 6.07 Å². The summed E-state index contributed by atoms with van der Waals surface area (Å²) in [6.07, 6.45) is 3.42. The first-order valence-corrected chi connectivity index (χ1v) is 8.96. The number of hydrogen-bond acceptors (Lipinski definition) is 4. The Labute approximate surface area is 163 Å². The Morgan fingerprint density at radius 1 is 1.04 bits per heavy atom. The van der Waals surface area contributed by atoms with Gasteiger partial charge in [0.25, 0.3) is 0 Å². The van der Waals surface area contributed by atoms with E-state index in [0.717, 1.165) is 18.8 Å². The van der Waals surface area contributed by atoms with Crippen LogP contribution < -0.4 is 10.6 Å². The van der Waals surface area contributed by atoms with Gasteiger partial charge < -0.3 is 16.0 Å². The normalized spacial score (nSPS) is 10.7. The van der Waals surface area contributed by atoms with E-state index in [1.54, 1.807) is 30.5 Å². The summed E-state index contributed by atoms with van der Waals surface area (Å²) in [5.41, 5.74) is 2.50. The van der Waals surface area contributed by atoms with E-state index in [9.17, 15) is 0 Å². The zero-order valence-electron chi connectivity index (χ0n) is 14.7. The van der Waals surface area contributed by atoms with Gasteiger partial charge in [0, 0.05) is 24.3 Å². The molecule has 0 fully saturated rings. The lowest BCUT2D eigenvalue weighted by molar-refractivity contribution is 0.870. The van der Waals surface area contributed by atoms with Crippen molar-refractivity contribution >= 4 is 33.8 Å². The van der Waals surface area contributed by atoms with Crippen molar-refractivity contribution in [1.82, 2.24) is 5.32 Å². The summed E-state index contributed by atoms with van der Waals surface area (Å²) in [6.45, 7) is 1.49. The molecule has 3 aromatic rings. The number of nitrogens with one attached hydrogen (secondary N) is 3. The molecule has 5 heteroatoms. The molecule has 0 aliphatic heterocycles. The van der Waals surface area contributed by atoms with Crippen LogP contribution in [0.3, 0.4) is 0 Å². The van der Waals surface area contributed by atoms with Crippen LogP contribution in [-0.4, -0.2) is 18.8 Å². The van der Waals surface area contributed by atoms with Crippen LogP contribution >= 0.6 is 11.6 Å². The van der Waals surface area contributed by atoms with Crippen LogP contribution in [-0.2, 0) is 0 Å². The summed E-state index contributed by atoms with van der Waals surface area (Å²) in [6, 6.07) is 21.6. The molecule has 0 radical (unpaired) electrons. The van der Waals surface area contributed by atoms with Crippen LogP contribution in [0.5, 0.6) is 0 Å². The summed E-state index contributed by atoms with van der Waals surface area (Å²) < 4.78 is 0. The number of allylic oxidation sites excluding steroid dienone is 1. The Kier molecular flexibility index (Phi) is 6.09. The third-order valence-electron chi connectivity index (χ3n) is 4.12. The molecule has 0 aromatic heterocycles. The maximum Gasteiger partial charge on any atom is 0.101 e. The third kappa shape index (κ3) is 4.87. The number of fused-ring (bicyclic) bond motifs is 1. The maximum atomic E-state index is 8.89. The first-order valence-electron chi connectivity index (χ1n) is 8.58. The minimum Gasteiger partial charge on any atom is -0.389 e. The lowest BCUT2D eigenvalue weighted by Crippen LogP contribution is -2.17. The van der Waals surface area contributed by atoms with E-state index in [1.807, 2.05) is 18.2 Å². The van der Waals surface area contributed by atoms with Crippen molar-refractivity contribution in [1.29, 1.82) is 10.7 Å². The number of rotatable bonds is 7. The molecule has 4 nitrogen and oxygen atoms in total. The fourth-order valence-electron chi connectivity index (χ4n) is 2.67. The zero-order valence-corrected chi connectivity index (χ0v) is 15.4. The van der Waals surface area contributed by atoms with Crippen LogP contribution in [0.1, 0.15) is 11.1 Å². The Balaban J connectivity index is 1.46. The van der Waals surface area contributed by atoms with Crippen molar-refractivity contribution in [2.24, 2.45) is 0 Å². The standard InChI is InChI=1S/C22H19ClN4/c23-21-14-18(5-6-19(21)15-24)22(25)9-10-26-11-12-27-20-8-7-16-3-1-2-4-17(16)13-20/h1-10,13-14,25-27H,11-12H2/b10-9-,25-22?. The van der Waals surface area contributed by atoms with Gasteiger partial charge in [-0.1, -0.05) is 48.0 Å². The fraction of sp³-hybridized carbons (Fsp3) is 0.0909. The molecule has 0 saturated carbocycles. The molecule has 0 amide bonds. The quantitative estimate of drug-likeness (QED) is 0.405. The molecule has 134 valence electrons. The van der Waals surface area contributed by atoms with Crippen LogP contribution in [0.15, 0.2) is 72.9 Å². The molecule has 0 aliphatic rings. The van der Waals surface area contributed by atoms with E-state index < -0.39 is 0 Å². The van der Waals surface area contributed by atoms with Crippen molar-refractivity contribution < 1.29 is 0 Å². The summed E-state index contributed by atoms with van der Waals surface area (Å²) >= 11 is 6.00. The monoisotopic (exact) mass is 374 g/mol. The highest BCUT2D eigenvalue weighted by Gasteiger charge is 2.03. The molecule has 0 unspecified atom stereocenters. The highest BCUT2D eigenvalue weighted by atomic mass is 35.5. The molecule has 0 atom stereocenters. The average molecular weight is 375 g/mol. The van der Waals surface area contributed by atoms with Gasteiger partial charge in [0.05, 0.1) is 16.3 Å². The summed E-state index contributed by atoms with van der Waals surface area (Å²) in [5, 5.41) is 26.3. The molecule has 3 aromatic carbocycles. The van der Waals surface area contributed by atoms with Gasteiger partial charge in [0.15, 0.2) is 0 Å². The van der Waals surface area contributed by atoms with Crippen molar-refractivity contribution in [3.05, 3.63) is 89.1 Å². The van der Waals surface area contributed by atoms with Gasteiger partial charge in [-0.05, 0) is 47.3 Å². The van der Waals surface area contributed by atoms with E-state index >= 15 is 0 Å². The second-order valence-corrected chi connectivity index (χ2v) is 6.40. The van der Waals surface area contributed by atoms with Crippen LogP contribution in [0, 0.1) is 16.7 Å². The first kappa shape index (κ1) is 18.5. The molecule has 0 spiro atoms. The fourth-order valence-corrected chi connectivity index (χ4v) is 2.90. The number of hydrogen-bond donors (Lipinski definition) is 3. The number of anilines is 1. The summed E-state index contributed by atoms with van der Waals surface area (Å²) in [7, 11) is 0. The highest BCUT2D eigenvalue weighted by molar-refractivity contribution is 6.32. The van der Waals surface area contributed by atoms with Gasteiger partial charge in [-0.25, -0.2) is 0 Å². The predicted octanol–water partition coefficient (Wildman–Crippen LogP) is 4.95. The molecule has 3 N–H and O–H groups in total. The first-order chi connectivity index (χ1) is 13.2. The smallest absolute Gasteiger partial charge is 0.101 e. The number of nitriles is 1. The average Bonchev–Trinajstić information content (AvgIpc) is 2.70. The number of benzene rings is 3. The molecule has 0 heterocycles. The van der Waals surface area contributed by atoms with E-state index in [2.05, 4.69) is 41.0 Å². The summed E-state index contributed by atoms with van der Waals surface area (Å²) in [5.74, 6) is 0. The van der Waals surface area contributed by atoms with Crippen molar-refractivity contribution in [3.8, 4) is 6.07 Å². The van der Waals surface area contributed by atoms with Crippen LogP contribution in [0.2, 0.25) is 5.02 Å². The van der Waals surface area contributed by atoms with Crippen molar-refractivity contribution in [3.63, 3.8) is 0 Å². The molecule has 0 aliphatic carbocycles. The SMILES string of the molecule is N#Cc1ccc(C(=N)/C=C\NCCNc2ccc3ccccc3c2)cc1Cl. The Morgan fingerprint density at radius 3 is 2.63 bits per heavy atom. The second kappa shape index (κ2) is 8.88. The van der Waals surface area contributed by atoms with E-state index in [1.165, 1.54) is 10.8 Å². The maximum absolute atomic E-state index is 8.89. The Morgan fingerprint density at radius 2 is 1.85 bits per heavy atom. The van der Waals surface area contributed by atoms with Gasteiger partial charge in [0.2, 0.25) is 0 Å². The van der Waals surface area contributed by atoms with Crippen LogP contribution in [0.25, 0.3) is 10.8 Å². The van der Waals surface area contributed by atoms with Gasteiger partial charge >= 0.3 is 0 Å². The molecule has 3 rings (SSSR count). The zero-order chi connectivity index (χ0) is 19.1. The Bertz CT molecular complexity index is 1030. The molecule has 27 heavy (non-hydrogen) atoms. The molecule has 0 bridgehead atoms. The lowest BCUT2D eigenvalue weighted by Gasteiger charge is -2.08. The topological polar surface area (TPSA) is 71.7 Å². The minimum atomic E-state index is 0.330. The Hall–Kier alpha value is -3.29. The lowest BCUT2D eigenvalue weighted by atomic mass is 10.1. The van der Waals surface area contributed by atoms with E-state index in [4.69, 9.17) is 22.3 Å². The minimum absolute atomic E-state index is 0.330. The number of nitrogens with zero attached hydrogens (tertiary/aromatic N) is 1.